The molecule has 3 rings (SSSR count). The Hall–Kier alpha value is -2.51. The molecule has 204 valence electrons. The van der Waals surface area contributed by atoms with Crippen molar-refractivity contribution in [3.8, 4) is 28.0 Å². The Balaban J connectivity index is 1.75. The van der Waals surface area contributed by atoms with Crippen molar-refractivity contribution in [2.45, 2.75) is 72.1 Å². The summed E-state index contributed by atoms with van der Waals surface area (Å²) < 4.78 is 38.7. The number of nitrogens with one attached hydrogen (secondary N) is 1. The lowest BCUT2D eigenvalue weighted by Crippen LogP contribution is -2.28. The largest absolute Gasteiger partial charge is 0.494 e. The van der Waals surface area contributed by atoms with Crippen LogP contribution in [0.25, 0.3) is 22.3 Å². The van der Waals surface area contributed by atoms with Gasteiger partial charge in [-0.2, -0.15) is 0 Å². The first-order valence-electron chi connectivity index (χ1n) is 13.8. The fourth-order valence-electron chi connectivity index (χ4n) is 4.76. The second-order valence-electron chi connectivity index (χ2n) is 9.87. The van der Waals surface area contributed by atoms with Crippen LogP contribution in [0.15, 0.2) is 47.3 Å². The van der Waals surface area contributed by atoms with Gasteiger partial charge in [0.15, 0.2) is 0 Å². The summed E-state index contributed by atoms with van der Waals surface area (Å²) in [6.45, 7) is 10.7. The number of rotatable bonds is 17. The molecule has 0 atom stereocenters. The number of nitrogens with zero attached hydrogens (tertiary/aromatic N) is 1. The molecule has 0 radical (unpaired) electrons. The minimum Gasteiger partial charge on any atom is -0.494 e. The van der Waals surface area contributed by atoms with E-state index in [1.807, 2.05) is 18.2 Å². The Labute approximate surface area is 223 Å². The number of benzene rings is 1. The number of unbranched alkanes of at least 4 members (excludes halogenated alkanes) is 3. The maximum atomic E-state index is 12.2. The van der Waals surface area contributed by atoms with Gasteiger partial charge in [-0.3, -0.25) is 4.72 Å². The fourth-order valence-corrected chi connectivity index (χ4v) is 5.36. The van der Waals surface area contributed by atoms with Crippen LogP contribution in [0.1, 0.15) is 71.3 Å². The van der Waals surface area contributed by atoms with Gasteiger partial charge in [0, 0.05) is 17.7 Å². The van der Waals surface area contributed by atoms with Gasteiger partial charge in [-0.1, -0.05) is 52.2 Å². The summed E-state index contributed by atoms with van der Waals surface area (Å²) in [5, 5.41) is 0. The average molecular weight is 529 g/mol. The van der Waals surface area contributed by atoms with Crippen molar-refractivity contribution in [3.05, 3.63) is 48.4 Å². The van der Waals surface area contributed by atoms with Crippen molar-refractivity contribution in [1.82, 2.24) is 4.90 Å². The van der Waals surface area contributed by atoms with Crippen LogP contribution in [0, 0.1) is 0 Å². The highest BCUT2D eigenvalue weighted by Crippen LogP contribution is 2.47. The van der Waals surface area contributed by atoms with E-state index >= 15 is 0 Å². The Morgan fingerprint density at radius 3 is 2.14 bits per heavy atom. The van der Waals surface area contributed by atoms with Crippen molar-refractivity contribution in [3.63, 3.8) is 0 Å². The Morgan fingerprint density at radius 2 is 1.51 bits per heavy atom. The summed E-state index contributed by atoms with van der Waals surface area (Å²) in [6.07, 6.45) is 13.2. The van der Waals surface area contributed by atoms with Gasteiger partial charge in [-0.05, 0) is 80.1 Å². The molecule has 0 unspecified atom stereocenters. The third-order valence-electron chi connectivity index (χ3n) is 6.69. The van der Waals surface area contributed by atoms with Crippen molar-refractivity contribution in [2.75, 3.05) is 37.2 Å². The third-order valence-corrected chi connectivity index (χ3v) is 7.26. The first kappa shape index (κ1) is 29.1. The molecular weight excluding hydrogens is 484 g/mol. The van der Waals surface area contributed by atoms with Crippen molar-refractivity contribution < 1.29 is 17.6 Å². The average Bonchev–Trinajstić information content (AvgIpc) is 3.18. The summed E-state index contributed by atoms with van der Waals surface area (Å²) in [5.41, 5.74) is 5.48. The Bertz CT molecular complexity index is 1150. The van der Waals surface area contributed by atoms with E-state index in [1.54, 1.807) is 12.5 Å². The number of sulfonamides is 1. The lowest BCUT2D eigenvalue weighted by molar-refractivity contribution is 0.229. The molecule has 0 spiro atoms. The van der Waals surface area contributed by atoms with E-state index in [2.05, 4.69) is 42.5 Å². The summed E-state index contributed by atoms with van der Waals surface area (Å²) >= 11 is 0. The zero-order valence-electron chi connectivity index (χ0n) is 23.0. The first-order chi connectivity index (χ1) is 17.9. The summed E-state index contributed by atoms with van der Waals surface area (Å²) in [5.74, 6) is 0.850. The van der Waals surface area contributed by atoms with Gasteiger partial charge < -0.3 is 14.1 Å². The summed E-state index contributed by atoms with van der Waals surface area (Å²) in [4.78, 5) is 2.56. The molecule has 0 bridgehead atoms. The molecule has 0 saturated carbocycles. The third kappa shape index (κ3) is 8.50. The number of fused-ring (bicyclic) bond motifs is 1. The molecule has 6 nitrogen and oxygen atoms in total. The zero-order valence-corrected chi connectivity index (χ0v) is 23.8. The number of hydrogen-bond donors (Lipinski definition) is 1. The van der Waals surface area contributed by atoms with Gasteiger partial charge >= 0.3 is 0 Å². The zero-order chi connectivity index (χ0) is 26.7. The minimum absolute atomic E-state index is 0.660. The topological polar surface area (TPSA) is 71.8 Å². The lowest BCUT2D eigenvalue weighted by Gasteiger charge is -2.21. The van der Waals surface area contributed by atoms with Gasteiger partial charge in [0.2, 0.25) is 10.0 Å². The van der Waals surface area contributed by atoms with Gasteiger partial charge in [0.05, 0.1) is 31.1 Å². The molecule has 0 amide bonds. The lowest BCUT2D eigenvalue weighted by atomic mass is 9.98. The van der Waals surface area contributed by atoms with Crippen molar-refractivity contribution in [1.29, 1.82) is 0 Å². The van der Waals surface area contributed by atoms with E-state index in [9.17, 15) is 8.42 Å². The molecule has 0 saturated heterocycles. The second kappa shape index (κ2) is 14.4. The normalized spacial score (nSPS) is 11.9. The second-order valence-corrected chi connectivity index (χ2v) is 11.6. The van der Waals surface area contributed by atoms with E-state index in [-0.39, 0.29) is 0 Å². The highest BCUT2D eigenvalue weighted by Gasteiger charge is 2.26. The molecule has 37 heavy (non-hydrogen) atoms. The molecule has 1 aliphatic carbocycles. The van der Waals surface area contributed by atoms with Crippen LogP contribution in [-0.4, -0.2) is 45.8 Å². The highest BCUT2D eigenvalue weighted by molar-refractivity contribution is 7.92. The molecule has 1 aromatic rings. The van der Waals surface area contributed by atoms with Gasteiger partial charge in [0.1, 0.15) is 5.75 Å². The van der Waals surface area contributed by atoms with Crippen LogP contribution < -0.4 is 9.46 Å². The molecule has 7 heteroatoms. The monoisotopic (exact) mass is 528 g/mol. The van der Waals surface area contributed by atoms with Crippen LogP contribution in [0.3, 0.4) is 0 Å². The van der Waals surface area contributed by atoms with Gasteiger partial charge in [-0.15, -0.1) is 0 Å². The molecule has 0 fully saturated rings. The van der Waals surface area contributed by atoms with E-state index < -0.39 is 10.0 Å². The number of ether oxygens (including phenoxy) is 1. The smallest absolute Gasteiger partial charge is 0.229 e. The SMILES string of the molecule is CCCCc1c(NS(C)(=O)=O)c2ccocc-2c1-c1ccc(OCCCN(CCCC)CCCC)cc1. The molecule has 1 heterocycles. The van der Waals surface area contributed by atoms with Crippen molar-refractivity contribution >= 4 is 15.7 Å². The number of anilines is 1. The molecule has 1 N–H and O–H groups in total. The standard InChI is InChI=1S/C30H44N2O4S/c1-5-8-12-27-29(28-23-35-22-17-26(28)30(27)31-37(4,33)34)24-13-15-25(16-14-24)36-21-11-20-32(18-9-6-2)19-10-7-3/h13-17,22-23,31H,5-12,18-21H2,1-4H3. The van der Waals surface area contributed by atoms with Crippen LogP contribution in [0.5, 0.6) is 5.75 Å². The Morgan fingerprint density at radius 1 is 0.865 bits per heavy atom. The highest BCUT2D eigenvalue weighted by atomic mass is 32.2. The maximum Gasteiger partial charge on any atom is 0.229 e. The van der Waals surface area contributed by atoms with E-state index in [1.165, 1.54) is 45.0 Å². The summed E-state index contributed by atoms with van der Waals surface area (Å²) in [6, 6.07) is 9.97. The molecule has 0 aromatic heterocycles. The maximum absolute atomic E-state index is 12.2. The van der Waals surface area contributed by atoms with Crippen LogP contribution in [0.2, 0.25) is 0 Å². The summed E-state index contributed by atoms with van der Waals surface area (Å²) in [7, 11) is -3.43. The molecule has 1 aliphatic heterocycles. The molecular formula is C30H44N2O4S. The van der Waals surface area contributed by atoms with Crippen LogP contribution in [0.4, 0.5) is 5.69 Å². The predicted molar refractivity (Wildman–Crippen MR) is 154 cm³/mol. The van der Waals surface area contributed by atoms with Gasteiger partial charge in [0.25, 0.3) is 0 Å². The number of hydrogen-bond acceptors (Lipinski definition) is 5. The molecule has 2 aliphatic rings. The van der Waals surface area contributed by atoms with Crippen molar-refractivity contribution in [2.24, 2.45) is 0 Å². The fraction of sp³-hybridized carbons (Fsp3) is 0.533. The first-order valence-corrected chi connectivity index (χ1v) is 15.7. The van der Waals surface area contributed by atoms with E-state index in [0.29, 0.717) is 12.3 Å². The van der Waals surface area contributed by atoms with Crippen LogP contribution >= 0.6 is 0 Å². The van der Waals surface area contributed by atoms with Gasteiger partial charge in [-0.25, -0.2) is 8.42 Å². The Kier molecular flexibility index (Phi) is 11.3. The quantitative estimate of drug-likeness (QED) is 0.184. The minimum atomic E-state index is -3.43. The van der Waals surface area contributed by atoms with E-state index in [4.69, 9.17) is 9.15 Å². The van der Waals surface area contributed by atoms with E-state index in [0.717, 1.165) is 65.8 Å². The molecule has 1 aromatic carbocycles. The van der Waals surface area contributed by atoms with Crippen LogP contribution in [-0.2, 0) is 16.4 Å². The predicted octanol–water partition coefficient (Wildman–Crippen LogP) is 7.44.